The minimum Gasteiger partial charge on any atom is -0.478 e. The third-order valence-electron chi connectivity index (χ3n) is 2.33. The first kappa shape index (κ1) is 8.74. The average molecular weight is 190 g/mol. The van der Waals surface area contributed by atoms with Crippen molar-refractivity contribution in [2.75, 3.05) is 0 Å². The molecule has 1 heterocycles. The number of hydrogen-bond acceptors (Lipinski definition) is 2. The van der Waals surface area contributed by atoms with Gasteiger partial charge in [0.05, 0.1) is 5.56 Å². The Morgan fingerprint density at radius 1 is 1.43 bits per heavy atom. The highest BCUT2D eigenvalue weighted by atomic mass is 16.4. The van der Waals surface area contributed by atoms with E-state index in [1.54, 1.807) is 12.1 Å². The summed E-state index contributed by atoms with van der Waals surface area (Å²) in [6.07, 6.45) is 0. The summed E-state index contributed by atoms with van der Waals surface area (Å²) < 4.78 is 0. The van der Waals surface area contributed by atoms with E-state index >= 15 is 0 Å². The third-order valence-corrected chi connectivity index (χ3v) is 2.33. The van der Waals surface area contributed by atoms with Gasteiger partial charge in [0.2, 0.25) is 0 Å². The van der Waals surface area contributed by atoms with Crippen molar-refractivity contribution in [3.8, 4) is 0 Å². The zero-order valence-electron chi connectivity index (χ0n) is 7.96. The van der Waals surface area contributed by atoms with E-state index in [0.29, 0.717) is 5.52 Å². The van der Waals surface area contributed by atoms with Crippen LogP contribution in [0.2, 0.25) is 0 Å². The molecule has 1 aromatic carbocycles. The minimum atomic E-state index is -0.943. The molecule has 2 aromatic rings. The molecule has 4 nitrogen and oxygen atoms in total. The molecule has 0 spiro atoms. The van der Waals surface area contributed by atoms with E-state index in [-0.39, 0.29) is 5.56 Å². The van der Waals surface area contributed by atoms with Crippen molar-refractivity contribution < 1.29 is 9.90 Å². The molecule has 0 amide bonds. The Morgan fingerprint density at radius 3 is 2.79 bits per heavy atom. The summed E-state index contributed by atoms with van der Waals surface area (Å²) >= 11 is 0. The van der Waals surface area contributed by atoms with Crippen molar-refractivity contribution in [3.63, 3.8) is 0 Å². The molecule has 0 saturated heterocycles. The molecule has 14 heavy (non-hydrogen) atoms. The molecule has 0 bridgehead atoms. The van der Waals surface area contributed by atoms with E-state index in [1.807, 2.05) is 13.8 Å². The number of rotatable bonds is 1. The number of carbonyl (C=O) groups is 1. The predicted octanol–water partition coefficient (Wildman–Crippen LogP) is 1.88. The van der Waals surface area contributed by atoms with Crippen LogP contribution in [-0.2, 0) is 0 Å². The number of hydrogen-bond donors (Lipinski definition) is 2. The summed E-state index contributed by atoms with van der Waals surface area (Å²) in [5, 5.41) is 16.6. The van der Waals surface area contributed by atoms with E-state index in [9.17, 15) is 4.79 Å². The fourth-order valence-electron chi connectivity index (χ4n) is 1.65. The molecule has 72 valence electrons. The maximum absolute atomic E-state index is 10.9. The van der Waals surface area contributed by atoms with Crippen molar-refractivity contribution >= 4 is 16.9 Å². The van der Waals surface area contributed by atoms with Gasteiger partial charge in [-0.05, 0) is 25.5 Å². The van der Waals surface area contributed by atoms with Crippen LogP contribution >= 0.6 is 0 Å². The lowest BCUT2D eigenvalue weighted by molar-refractivity contribution is 0.0699. The molecule has 2 rings (SSSR count). The number of nitrogens with one attached hydrogen (secondary N) is 1. The Morgan fingerprint density at radius 2 is 2.14 bits per heavy atom. The lowest BCUT2D eigenvalue weighted by Gasteiger charge is -1.99. The summed E-state index contributed by atoms with van der Waals surface area (Å²) in [5.41, 5.74) is 2.72. The van der Waals surface area contributed by atoms with Gasteiger partial charge >= 0.3 is 5.97 Å². The van der Waals surface area contributed by atoms with Crippen LogP contribution in [0.25, 0.3) is 10.9 Å². The quantitative estimate of drug-likeness (QED) is 0.721. The smallest absolute Gasteiger partial charge is 0.337 e. The molecule has 1 aromatic heterocycles. The zero-order chi connectivity index (χ0) is 10.3. The molecule has 0 atom stereocenters. The third kappa shape index (κ3) is 1.08. The second kappa shape index (κ2) is 2.83. The number of aromatic carboxylic acids is 1. The van der Waals surface area contributed by atoms with Crippen LogP contribution in [0, 0.1) is 13.8 Å². The maximum Gasteiger partial charge on any atom is 0.337 e. The van der Waals surface area contributed by atoms with Crippen LogP contribution in [0.1, 0.15) is 21.6 Å². The Hall–Kier alpha value is -1.84. The molecular formula is C10H10N2O2. The highest BCUT2D eigenvalue weighted by molar-refractivity contribution is 6.03. The predicted molar refractivity (Wildman–Crippen MR) is 52.5 cm³/mol. The Labute approximate surface area is 80.6 Å². The summed E-state index contributed by atoms with van der Waals surface area (Å²) in [5.74, 6) is -0.943. The van der Waals surface area contributed by atoms with E-state index in [4.69, 9.17) is 5.11 Å². The van der Waals surface area contributed by atoms with E-state index < -0.39 is 5.97 Å². The standard InChI is InChI=1S/C10H10N2O2/c1-5-3-4-7(10(13)14)9-8(5)6(2)11-12-9/h3-4H,1-2H3,(H,11,12)(H,13,14). The lowest BCUT2D eigenvalue weighted by atomic mass is 10.1. The number of aromatic nitrogens is 2. The van der Waals surface area contributed by atoms with Crippen molar-refractivity contribution in [2.45, 2.75) is 13.8 Å². The molecule has 0 aliphatic heterocycles. The first-order valence-electron chi connectivity index (χ1n) is 4.29. The molecule has 0 saturated carbocycles. The van der Waals surface area contributed by atoms with Gasteiger partial charge in [-0.25, -0.2) is 4.79 Å². The lowest BCUT2D eigenvalue weighted by Crippen LogP contribution is -1.97. The van der Waals surface area contributed by atoms with Gasteiger partial charge in [-0.2, -0.15) is 5.10 Å². The topological polar surface area (TPSA) is 66.0 Å². The monoisotopic (exact) mass is 190 g/mol. The van der Waals surface area contributed by atoms with Gasteiger partial charge in [-0.1, -0.05) is 6.07 Å². The van der Waals surface area contributed by atoms with Crippen LogP contribution in [-0.4, -0.2) is 21.3 Å². The fourth-order valence-corrected chi connectivity index (χ4v) is 1.65. The number of fused-ring (bicyclic) bond motifs is 1. The van der Waals surface area contributed by atoms with Gasteiger partial charge in [-0.3, -0.25) is 5.10 Å². The molecule has 0 aliphatic carbocycles. The van der Waals surface area contributed by atoms with Gasteiger partial charge in [0, 0.05) is 11.1 Å². The van der Waals surface area contributed by atoms with Crippen molar-refractivity contribution in [1.29, 1.82) is 0 Å². The minimum absolute atomic E-state index is 0.245. The Kier molecular flexibility index (Phi) is 1.77. The van der Waals surface area contributed by atoms with Crippen molar-refractivity contribution in [1.82, 2.24) is 10.2 Å². The summed E-state index contributed by atoms with van der Waals surface area (Å²) in [6, 6.07) is 3.38. The number of benzene rings is 1. The molecule has 2 N–H and O–H groups in total. The molecular weight excluding hydrogens is 180 g/mol. The number of H-pyrrole nitrogens is 1. The number of carboxylic acids is 1. The van der Waals surface area contributed by atoms with E-state index in [0.717, 1.165) is 16.6 Å². The van der Waals surface area contributed by atoms with Crippen LogP contribution in [0.4, 0.5) is 0 Å². The molecule has 0 aliphatic rings. The van der Waals surface area contributed by atoms with Crippen LogP contribution in [0.3, 0.4) is 0 Å². The van der Waals surface area contributed by atoms with Crippen LogP contribution in [0.15, 0.2) is 12.1 Å². The largest absolute Gasteiger partial charge is 0.478 e. The summed E-state index contributed by atoms with van der Waals surface area (Å²) in [7, 11) is 0. The highest BCUT2D eigenvalue weighted by Crippen LogP contribution is 2.22. The Balaban J connectivity index is 2.90. The molecule has 0 unspecified atom stereocenters. The van der Waals surface area contributed by atoms with E-state index in [2.05, 4.69) is 10.2 Å². The SMILES string of the molecule is Cc1ccc(C(=O)O)c2n[nH]c(C)c12. The van der Waals surface area contributed by atoms with Crippen LogP contribution < -0.4 is 0 Å². The van der Waals surface area contributed by atoms with Gasteiger partial charge in [0.25, 0.3) is 0 Å². The molecule has 0 fully saturated rings. The van der Waals surface area contributed by atoms with E-state index in [1.165, 1.54) is 0 Å². The van der Waals surface area contributed by atoms with Crippen molar-refractivity contribution in [2.24, 2.45) is 0 Å². The summed E-state index contributed by atoms with van der Waals surface area (Å²) in [6.45, 7) is 3.82. The number of aryl methyl sites for hydroxylation is 2. The number of aromatic amines is 1. The van der Waals surface area contributed by atoms with Crippen molar-refractivity contribution in [3.05, 3.63) is 29.0 Å². The number of carboxylic acid groups (broad SMARTS) is 1. The average Bonchev–Trinajstić information content (AvgIpc) is 2.49. The summed E-state index contributed by atoms with van der Waals surface area (Å²) in [4.78, 5) is 10.9. The Bertz CT molecular complexity index is 514. The molecule has 4 heteroatoms. The van der Waals surface area contributed by atoms with Crippen LogP contribution in [0.5, 0.6) is 0 Å². The first-order valence-corrected chi connectivity index (χ1v) is 4.29. The van der Waals surface area contributed by atoms with Gasteiger partial charge in [0.15, 0.2) is 0 Å². The fraction of sp³-hybridized carbons (Fsp3) is 0.200. The maximum atomic E-state index is 10.9. The highest BCUT2D eigenvalue weighted by Gasteiger charge is 2.13. The second-order valence-electron chi connectivity index (χ2n) is 3.31. The van der Waals surface area contributed by atoms with Gasteiger partial charge in [-0.15, -0.1) is 0 Å². The van der Waals surface area contributed by atoms with Gasteiger partial charge in [0.1, 0.15) is 5.52 Å². The first-order chi connectivity index (χ1) is 6.61. The number of nitrogens with zero attached hydrogens (tertiary/aromatic N) is 1. The van der Waals surface area contributed by atoms with Gasteiger partial charge < -0.3 is 5.11 Å². The second-order valence-corrected chi connectivity index (χ2v) is 3.31. The normalized spacial score (nSPS) is 10.7. The zero-order valence-corrected chi connectivity index (χ0v) is 7.96. The molecule has 0 radical (unpaired) electrons.